The quantitative estimate of drug-likeness (QED) is 0.662. The standard InChI is InChI=1S/C22H23N3O3/c26-15-18-5-1-2-6-19(18)24-21(27)11-9-16-8-10-17-14-23-25(20(17)13-16)22-7-3-4-12-28-22/h1-2,5-6,8-11,13-14,22,26H,3-4,7,12,15H2,(H,24,27). The molecule has 4 rings (SSSR count). The van der Waals surface area contributed by atoms with Crippen LogP contribution in [0.5, 0.6) is 0 Å². The lowest BCUT2D eigenvalue weighted by atomic mass is 10.1. The topological polar surface area (TPSA) is 76.4 Å². The minimum atomic E-state index is -0.245. The van der Waals surface area contributed by atoms with Crippen LogP contribution in [0.25, 0.3) is 17.0 Å². The number of benzene rings is 2. The number of aliphatic hydroxyl groups is 1. The van der Waals surface area contributed by atoms with Gasteiger partial charge in [0.05, 0.1) is 18.3 Å². The number of rotatable bonds is 5. The van der Waals surface area contributed by atoms with Crippen molar-refractivity contribution in [2.75, 3.05) is 11.9 Å². The molecule has 0 spiro atoms. The van der Waals surface area contributed by atoms with Gasteiger partial charge in [0.25, 0.3) is 0 Å². The van der Waals surface area contributed by atoms with Crippen molar-refractivity contribution in [2.24, 2.45) is 0 Å². The van der Waals surface area contributed by atoms with Crippen molar-refractivity contribution in [1.82, 2.24) is 9.78 Å². The fraction of sp³-hybridized carbons (Fsp3) is 0.273. The second-order valence-electron chi connectivity index (χ2n) is 6.87. The van der Waals surface area contributed by atoms with Crippen LogP contribution in [0.3, 0.4) is 0 Å². The number of amides is 1. The summed E-state index contributed by atoms with van der Waals surface area (Å²) in [6.45, 7) is 0.644. The molecule has 28 heavy (non-hydrogen) atoms. The summed E-state index contributed by atoms with van der Waals surface area (Å²) in [6.07, 6.45) is 8.29. The predicted octanol–water partition coefficient (Wildman–Crippen LogP) is 3.88. The Morgan fingerprint density at radius 1 is 1.29 bits per heavy atom. The average Bonchev–Trinajstić information content (AvgIpc) is 3.16. The average molecular weight is 377 g/mol. The van der Waals surface area contributed by atoms with Gasteiger partial charge in [0.15, 0.2) is 6.23 Å². The first-order valence-corrected chi connectivity index (χ1v) is 9.51. The van der Waals surface area contributed by atoms with E-state index in [-0.39, 0.29) is 18.7 Å². The molecule has 2 aromatic carbocycles. The van der Waals surface area contributed by atoms with E-state index in [1.54, 1.807) is 18.2 Å². The van der Waals surface area contributed by atoms with Crippen molar-refractivity contribution in [1.29, 1.82) is 0 Å². The first-order chi connectivity index (χ1) is 13.7. The molecule has 3 aromatic rings. The van der Waals surface area contributed by atoms with E-state index in [0.717, 1.165) is 42.3 Å². The molecule has 0 aliphatic carbocycles. The van der Waals surface area contributed by atoms with E-state index in [1.807, 2.05) is 41.2 Å². The Kier molecular flexibility index (Phi) is 5.50. The highest BCUT2D eigenvalue weighted by Gasteiger charge is 2.18. The van der Waals surface area contributed by atoms with Crippen LogP contribution in [-0.4, -0.2) is 27.4 Å². The second-order valence-corrected chi connectivity index (χ2v) is 6.87. The number of nitrogens with zero attached hydrogens (tertiary/aromatic N) is 2. The molecule has 1 aliphatic heterocycles. The van der Waals surface area contributed by atoms with Crippen LogP contribution in [0.2, 0.25) is 0 Å². The molecular formula is C22H23N3O3. The molecule has 1 aliphatic rings. The molecule has 1 atom stereocenters. The number of nitrogens with one attached hydrogen (secondary N) is 1. The summed E-state index contributed by atoms with van der Waals surface area (Å²) < 4.78 is 7.79. The second kappa shape index (κ2) is 8.37. The highest BCUT2D eigenvalue weighted by atomic mass is 16.5. The number of hydrogen-bond acceptors (Lipinski definition) is 4. The SMILES string of the molecule is O=C(C=Cc1ccc2cnn(C3CCCCO3)c2c1)Nc1ccccc1CO. The van der Waals surface area contributed by atoms with Crippen LogP contribution in [0.15, 0.2) is 54.7 Å². The number of ether oxygens (including phenoxy) is 1. The molecule has 1 fully saturated rings. The number of carbonyl (C=O) groups excluding carboxylic acids is 1. The van der Waals surface area contributed by atoms with Crippen LogP contribution < -0.4 is 5.32 Å². The van der Waals surface area contributed by atoms with Gasteiger partial charge >= 0.3 is 0 Å². The Labute approximate surface area is 163 Å². The lowest BCUT2D eigenvalue weighted by Crippen LogP contribution is -2.18. The molecule has 2 N–H and O–H groups in total. The van der Waals surface area contributed by atoms with Gasteiger partial charge in [-0.2, -0.15) is 5.10 Å². The Morgan fingerprint density at radius 3 is 3.00 bits per heavy atom. The normalized spacial score (nSPS) is 17.2. The number of carbonyl (C=O) groups is 1. The molecule has 1 unspecified atom stereocenters. The smallest absolute Gasteiger partial charge is 0.248 e. The van der Waals surface area contributed by atoms with Crippen molar-refractivity contribution < 1.29 is 14.6 Å². The number of anilines is 1. The van der Waals surface area contributed by atoms with Crippen LogP contribution in [-0.2, 0) is 16.1 Å². The molecule has 1 aromatic heterocycles. The number of hydrogen-bond donors (Lipinski definition) is 2. The van der Waals surface area contributed by atoms with Gasteiger partial charge < -0.3 is 15.2 Å². The molecule has 0 radical (unpaired) electrons. The first kappa shape index (κ1) is 18.4. The minimum absolute atomic E-state index is 0.0243. The summed E-state index contributed by atoms with van der Waals surface area (Å²) in [5.74, 6) is -0.245. The summed E-state index contributed by atoms with van der Waals surface area (Å²) in [5, 5.41) is 17.7. The highest BCUT2D eigenvalue weighted by Crippen LogP contribution is 2.27. The number of aliphatic hydroxyl groups excluding tert-OH is 1. The van der Waals surface area contributed by atoms with Gasteiger partial charge in [-0.25, -0.2) is 4.68 Å². The Balaban J connectivity index is 1.51. The summed E-state index contributed by atoms with van der Waals surface area (Å²) in [4.78, 5) is 12.3. The van der Waals surface area contributed by atoms with Gasteiger partial charge in [-0.1, -0.05) is 30.3 Å². The van der Waals surface area contributed by atoms with Crippen molar-refractivity contribution >= 4 is 28.6 Å². The van der Waals surface area contributed by atoms with Crippen molar-refractivity contribution in [2.45, 2.75) is 32.1 Å². The number of para-hydroxylation sites is 1. The van der Waals surface area contributed by atoms with E-state index in [4.69, 9.17) is 4.74 Å². The Bertz CT molecular complexity index is 1000. The summed E-state index contributed by atoms with van der Waals surface area (Å²) in [6, 6.07) is 13.2. The zero-order valence-electron chi connectivity index (χ0n) is 15.5. The monoisotopic (exact) mass is 377 g/mol. The largest absolute Gasteiger partial charge is 0.392 e. The molecular weight excluding hydrogens is 354 g/mol. The van der Waals surface area contributed by atoms with Crippen molar-refractivity contribution in [3.05, 3.63) is 65.9 Å². The van der Waals surface area contributed by atoms with Gasteiger partial charge in [0.1, 0.15) is 0 Å². The zero-order valence-corrected chi connectivity index (χ0v) is 15.5. The maximum atomic E-state index is 12.3. The molecule has 6 nitrogen and oxygen atoms in total. The third-order valence-electron chi connectivity index (χ3n) is 4.92. The molecule has 2 heterocycles. The van der Waals surface area contributed by atoms with Crippen molar-refractivity contribution in [3.63, 3.8) is 0 Å². The van der Waals surface area contributed by atoms with E-state index in [1.165, 1.54) is 6.08 Å². The van der Waals surface area contributed by atoms with Crippen LogP contribution in [0, 0.1) is 0 Å². The van der Waals surface area contributed by atoms with E-state index < -0.39 is 0 Å². The van der Waals surface area contributed by atoms with Crippen LogP contribution in [0.4, 0.5) is 5.69 Å². The Morgan fingerprint density at radius 2 is 2.18 bits per heavy atom. The first-order valence-electron chi connectivity index (χ1n) is 9.51. The summed E-state index contributed by atoms with van der Waals surface area (Å²) in [7, 11) is 0. The summed E-state index contributed by atoms with van der Waals surface area (Å²) in [5.41, 5.74) is 3.21. The molecule has 6 heteroatoms. The number of aromatic nitrogens is 2. The summed E-state index contributed by atoms with van der Waals surface area (Å²) >= 11 is 0. The van der Waals surface area contributed by atoms with Gasteiger partial charge in [-0.3, -0.25) is 4.79 Å². The van der Waals surface area contributed by atoms with Crippen LogP contribution >= 0.6 is 0 Å². The van der Waals surface area contributed by atoms with Crippen LogP contribution in [0.1, 0.15) is 36.6 Å². The maximum absolute atomic E-state index is 12.3. The van der Waals surface area contributed by atoms with E-state index >= 15 is 0 Å². The third-order valence-corrected chi connectivity index (χ3v) is 4.92. The van der Waals surface area contributed by atoms with Gasteiger partial charge in [0.2, 0.25) is 5.91 Å². The number of fused-ring (bicyclic) bond motifs is 1. The van der Waals surface area contributed by atoms with Gasteiger partial charge in [0, 0.05) is 29.3 Å². The van der Waals surface area contributed by atoms with E-state index in [0.29, 0.717) is 11.3 Å². The fourth-order valence-corrected chi connectivity index (χ4v) is 3.43. The van der Waals surface area contributed by atoms with Gasteiger partial charge in [-0.15, -0.1) is 0 Å². The third kappa shape index (κ3) is 3.98. The minimum Gasteiger partial charge on any atom is -0.392 e. The van der Waals surface area contributed by atoms with Gasteiger partial charge in [-0.05, 0) is 43.0 Å². The van der Waals surface area contributed by atoms with E-state index in [2.05, 4.69) is 10.4 Å². The molecule has 0 saturated carbocycles. The zero-order chi connectivity index (χ0) is 19.3. The predicted molar refractivity (Wildman–Crippen MR) is 109 cm³/mol. The lowest BCUT2D eigenvalue weighted by Gasteiger charge is -2.23. The fourth-order valence-electron chi connectivity index (χ4n) is 3.43. The molecule has 0 bridgehead atoms. The Hall–Kier alpha value is -2.96. The van der Waals surface area contributed by atoms with E-state index in [9.17, 15) is 9.90 Å². The molecule has 144 valence electrons. The highest BCUT2D eigenvalue weighted by molar-refractivity contribution is 6.02. The molecule has 1 saturated heterocycles. The van der Waals surface area contributed by atoms with Crippen molar-refractivity contribution in [3.8, 4) is 0 Å². The molecule has 1 amide bonds. The maximum Gasteiger partial charge on any atom is 0.248 e. The lowest BCUT2D eigenvalue weighted by molar-refractivity contribution is -0.111.